The van der Waals surface area contributed by atoms with E-state index in [9.17, 15) is 9.18 Å². The van der Waals surface area contributed by atoms with E-state index < -0.39 is 0 Å². The van der Waals surface area contributed by atoms with Crippen LogP contribution in [0, 0.1) is 5.82 Å². The fourth-order valence-electron chi connectivity index (χ4n) is 2.74. The van der Waals surface area contributed by atoms with Crippen LogP contribution in [0.2, 0.25) is 0 Å². The Kier molecular flexibility index (Phi) is 7.75. The summed E-state index contributed by atoms with van der Waals surface area (Å²) in [6.45, 7) is 5.93. The Labute approximate surface area is 143 Å². The number of carbonyl (C=O) groups is 1. The van der Waals surface area contributed by atoms with Gasteiger partial charge in [-0.25, -0.2) is 4.39 Å². The maximum Gasteiger partial charge on any atom is 0.234 e. The predicted octanol–water partition coefficient (Wildman–Crippen LogP) is 1.40. The Bertz CT molecular complexity index is 521. The molecule has 23 heavy (non-hydrogen) atoms. The van der Waals surface area contributed by atoms with Crippen molar-refractivity contribution in [1.82, 2.24) is 15.5 Å². The molecule has 1 aliphatic rings. The molecule has 1 aliphatic heterocycles. The number of anilines is 1. The highest BCUT2D eigenvalue weighted by Crippen LogP contribution is 2.28. The zero-order chi connectivity index (χ0) is 16.1. The maximum atomic E-state index is 13.7. The molecule has 1 aromatic rings. The van der Waals surface area contributed by atoms with Gasteiger partial charge in [-0.3, -0.25) is 4.79 Å². The van der Waals surface area contributed by atoms with Gasteiger partial charge in [-0.15, -0.1) is 12.4 Å². The second kappa shape index (κ2) is 9.05. The first-order chi connectivity index (χ1) is 10.5. The van der Waals surface area contributed by atoms with Gasteiger partial charge in [0.05, 0.1) is 12.6 Å². The Hall–Kier alpha value is -1.37. The standard InChI is InChI=1S/C16H25FN4O.ClH/c1-12(19-16(22)11-18-2)14-10-13(17)4-5-15(14)21-8-6-20(3)7-9-21;/h4-5,10,12,18H,6-9,11H2,1-3H3,(H,19,22);1H. The third-order valence-electron chi connectivity index (χ3n) is 4.01. The third kappa shape index (κ3) is 5.34. The average Bonchev–Trinajstić information content (AvgIpc) is 2.48. The van der Waals surface area contributed by atoms with E-state index >= 15 is 0 Å². The molecule has 1 unspecified atom stereocenters. The maximum absolute atomic E-state index is 13.7. The molecule has 1 heterocycles. The first-order valence-corrected chi connectivity index (χ1v) is 7.68. The van der Waals surface area contributed by atoms with Crippen LogP contribution in [-0.2, 0) is 4.79 Å². The van der Waals surface area contributed by atoms with Crippen molar-refractivity contribution in [2.75, 3.05) is 51.7 Å². The normalized spacial score (nSPS) is 16.6. The summed E-state index contributed by atoms with van der Waals surface area (Å²) in [5.74, 6) is -0.369. The van der Waals surface area contributed by atoms with E-state index in [0.29, 0.717) is 0 Å². The summed E-state index contributed by atoms with van der Waals surface area (Å²) in [4.78, 5) is 16.3. The summed E-state index contributed by atoms with van der Waals surface area (Å²) < 4.78 is 13.7. The highest BCUT2D eigenvalue weighted by Gasteiger charge is 2.20. The molecule has 2 rings (SSSR count). The SMILES string of the molecule is CNCC(=O)NC(C)c1cc(F)ccc1N1CCN(C)CC1.Cl. The topological polar surface area (TPSA) is 47.6 Å². The van der Waals surface area contributed by atoms with Crippen LogP contribution in [0.25, 0.3) is 0 Å². The van der Waals surface area contributed by atoms with Gasteiger partial charge in [-0.05, 0) is 39.2 Å². The molecular formula is C16H26ClFN4O. The van der Waals surface area contributed by atoms with Crippen molar-refractivity contribution in [3.05, 3.63) is 29.6 Å². The Balaban J connectivity index is 0.00000264. The molecule has 0 bridgehead atoms. The van der Waals surface area contributed by atoms with Crippen LogP contribution in [0.5, 0.6) is 0 Å². The fraction of sp³-hybridized carbons (Fsp3) is 0.562. The number of rotatable bonds is 5. The van der Waals surface area contributed by atoms with Crippen LogP contribution in [0.1, 0.15) is 18.5 Å². The number of amides is 1. The number of hydrogen-bond acceptors (Lipinski definition) is 4. The lowest BCUT2D eigenvalue weighted by atomic mass is 10.0. The molecule has 2 N–H and O–H groups in total. The highest BCUT2D eigenvalue weighted by molar-refractivity contribution is 5.85. The zero-order valence-electron chi connectivity index (χ0n) is 13.9. The molecule has 1 amide bonds. The van der Waals surface area contributed by atoms with E-state index in [2.05, 4.69) is 27.5 Å². The quantitative estimate of drug-likeness (QED) is 0.847. The molecule has 1 aromatic carbocycles. The van der Waals surface area contributed by atoms with Gasteiger partial charge in [-0.2, -0.15) is 0 Å². The number of nitrogens with one attached hydrogen (secondary N) is 2. The van der Waals surface area contributed by atoms with Crippen LogP contribution < -0.4 is 15.5 Å². The first kappa shape index (κ1) is 19.7. The number of likely N-dealkylation sites (N-methyl/N-ethyl adjacent to an activating group) is 2. The molecular weight excluding hydrogens is 319 g/mol. The average molecular weight is 345 g/mol. The molecule has 1 fully saturated rings. The lowest BCUT2D eigenvalue weighted by molar-refractivity contribution is -0.120. The molecule has 0 spiro atoms. The van der Waals surface area contributed by atoms with Gasteiger partial charge in [0.2, 0.25) is 5.91 Å². The number of benzene rings is 1. The van der Waals surface area contributed by atoms with E-state index in [4.69, 9.17) is 0 Å². The second-order valence-corrected chi connectivity index (χ2v) is 5.81. The van der Waals surface area contributed by atoms with Gasteiger partial charge < -0.3 is 20.4 Å². The van der Waals surface area contributed by atoms with Crippen molar-refractivity contribution >= 4 is 24.0 Å². The Morgan fingerprint density at radius 2 is 1.96 bits per heavy atom. The summed E-state index contributed by atoms with van der Waals surface area (Å²) in [5.41, 5.74) is 1.83. The molecule has 0 radical (unpaired) electrons. The summed E-state index contributed by atoms with van der Waals surface area (Å²) in [6, 6.07) is 4.60. The van der Waals surface area contributed by atoms with E-state index in [0.717, 1.165) is 37.4 Å². The number of hydrogen-bond donors (Lipinski definition) is 2. The van der Waals surface area contributed by atoms with E-state index in [1.807, 2.05) is 13.0 Å². The van der Waals surface area contributed by atoms with Gasteiger partial charge in [0.1, 0.15) is 5.82 Å². The van der Waals surface area contributed by atoms with Gasteiger partial charge >= 0.3 is 0 Å². The molecule has 5 nitrogen and oxygen atoms in total. The molecule has 0 aliphatic carbocycles. The molecule has 0 aromatic heterocycles. The van der Waals surface area contributed by atoms with E-state index in [1.165, 1.54) is 12.1 Å². The molecule has 130 valence electrons. The monoisotopic (exact) mass is 344 g/mol. The first-order valence-electron chi connectivity index (χ1n) is 7.68. The van der Waals surface area contributed by atoms with Crippen molar-refractivity contribution in [1.29, 1.82) is 0 Å². The molecule has 1 saturated heterocycles. The largest absolute Gasteiger partial charge is 0.369 e. The summed E-state index contributed by atoms with van der Waals surface area (Å²) in [7, 11) is 3.83. The van der Waals surface area contributed by atoms with E-state index in [-0.39, 0.29) is 36.7 Å². The lowest BCUT2D eigenvalue weighted by Gasteiger charge is -2.36. The van der Waals surface area contributed by atoms with Crippen molar-refractivity contribution in [3.63, 3.8) is 0 Å². The predicted molar refractivity (Wildman–Crippen MR) is 93.8 cm³/mol. The molecule has 0 saturated carbocycles. The minimum Gasteiger partial charge on any atom is -0.369 e. The lowest BCUT2D eigenvalue weighted by Crippen LogP contribution is -2.45. The number of carbonyl (C=O) groups excluding carboxylic acids is 1. The fourth-order valence-corrected chi connectivity index (χ4v) is 2.74. The van der Waals surface area contributed by atoms with Crippen LogP contribution in [0.4, 0.5) is 10.1 Å². The van der Waals surface area contributed by atoms with E-state index in [1.54, 1.807) is 7.05 Å². The van der Waals surface area contributed by atoms with Crippen molar-refractivity contribution in [2.24, 2.45) is 0 Å². The van der Waals surface area contributed by atoms with Crippen LogP contribution in [0.15, 0.2) is 18.2 Å². The van der Waals surface area contributed by atoms with Gasteiger partial charge in [0.25, 0.3) is 0 Å². The van der Waals surface area contributed by atoms with Crippen LogP contribution in [-0.4, -0.2) is 57.6 Å². The molecule has 1 atom stereocenters. The number of nitrogens with zero attached hydrogens (tertiary/aromatic N) is 2. The minimum absolute atomic E-state index is 0. The number of piperazine rings is 1. The van der Waals surface area contributed by atoms with Crippen molar-refractivity contribution < 1.29 is 9.18 Å². The highest BCUT2D eigenvalue weighted by atomic mass is 35.5. The van der Waals surface area contributed by atoms with Crippen molar-refractivity contribution in [3.8, 4) is 0 Å². The molecule has 7 heteroatoms. The summed E-state index contributed by atoms with van der Waals surface area (Å²) in [6.07, 6.45) is 0. The summed E-state index contributed by atoms with van der Waals surface area (Å²) >= 11 is 0. The third-order valence-corrected chi connectivity index (χ3v) is 4.01. The Morgan fingerprint density at radius 1 is 1.30 bits per heavy atom. The van der Waals surface area contributed by atoms with Gasteiger partial charge in [0.15, 0.2) is 0 Å². The summed E-state index contributed by atoms with van der Waals surface area (Å²) in [5, 5.41) is 5.72. The minimum atomic E-state index is -0.275. The smallest absolute Gasteiger partial charge is 0.234 e. The van der Waals surface area contributed by atoms with Crippen LogP contribution in [0.3, 0.4) is 0 Å². The van der Waals surface area contributed by atoms with Gasteiger partial charge in [0, 0.05) is 37.4 Å². The van der Waals surface area contributed by atoms with Gasteiger partial charge in [-0.1, -0.05) is 0 Å². The number of halogens is 2. The zero-order valence-corrected chi connectivity index (χ0v) is 14.8. The van der Waals surface area contributed by atoms with Crippen molar-refractivity contribution in [2.45, 2.75) is 13.0 Å². The second-order valence-electron chi connectivity index (χ2n) is 5.81. The Morgan fingerprint density at radius 3 is 2.57 bits per heavy atom. The van der Waals surface area contributed by atoms with Crippen LogP contribution >= 0.6 is 12.4 Å².